The van der Waals surface area contributed by atoms with Gasteiger partial charge in [0.15, 0.2) is 17.3 Å². The van der Waals surface area contributed by atoms with Crippen LogP contribution in [-0.4, -0.2) is 32.6 Å². The average Bonchev–Trinajstić information content (AvgIpc) is 2.73. The molecule has 3 rings (SSSR count). The van der Waals surface area contributed by atoms with Crippen LogP contribution in [0, 0.1) is 5.92 Å². The maximum atomic E-state index is 13.0. The van der Waals surface area contributed by atoms with Gasteiger partial charge in [-0.3, -0.25) is 9.59 Å². The minimum absolute atomic E-state index is 0.222. The lowest BCUT2D eigenvalue weighted by molar-refractivity contribution is -0.151. The van der Waals surface area contributed by atoms with E-state index in [1.54, 1.807) is 33.3 Å². The van der Waals surface area contributed by atoms with E-state index < -0.39 is 17.8 Å². The first-order chi connectivity index (χ1) is 13.6. The SMILES string of the molecule is CCOC(=O)C1C(=O)C=C(c2ccccc2)CC1c1cccc(OC)c1OC. The second-order valence-corrected chi connectivity index (χ2v) is 6.56. The Balaban J connectivity index is 2.11. The van der Waals surface area contributed by atoms with Gasteiger partial charge < -0.3 is 14.2 Å². The number of carbonyl (C=O) groups excluding carboxylic acids is 2. The van der Waals surface area contributed by atoms with E-state index in [1.807, 2.05) is 42.5 Å². The molecule has 1 aliphatic carbocycles. The van der Waals surface area contributed by atoms with Crippen molar-refractivity contribution < 1.29 is 23.8 Å². The zero-order valence-electron chi connectivity index (χ0n) is 16.3. The van der Waals surface area contributed by atoms with E-state index in [2.05, 4.69) is 0 Å². The molecular weight excluding hydrogens is 356 g/mol. The topological polar surface area (TPSA) is 61.8 Å². The van der Waals surface area contributed by atoms with E-state index in [0.29, 0.717) is 17.9 Å². The molecule has 0 heterocycles. The van der Waals surface area contributed by atoms with Gasteiger partial charge in [0.2, 0.25) is 0 Å². The number of carbonyl (C=O) groups is 2. The molecule has 0 aromatic heterocycles. The fraction of sp³-hybridized carbons (Fsp3) is 0.304. The van der Waals surface area contributed by atoms with Crippen molar-refractivity contribution in [3.05, 3.63) is 65.7 Å². The summed E-state index contributed by atoms with van der Waals surface area (Å²) < 4.78 is 16.2. The Bertz CT molecular complexity index is 885. The van der Waals surface area contributed by atoms with Crippen LogP contribution in [0.25, 0.3) is 5.57 Å². The van der Waals surface area contributed by atoms with Crippen molar-refractivity contribution in [1.82, 2.24) is 0 Å². The highest BCUT2D eigenvalue weighted by Crippen LogP contribution is 2.45. The number of benzene rings is 2. The van der Waals surface area contributed by atoms with Crippen LogP contribution in [0.15, 0.2) is 54.6 Å². The minimum atomic E-state index is -0.909. The van der Waals surface area contributed by atoms with Crippen LogP contribution >= 0.6 is 0 Å². The van der Waals surface area contributed by atoms with Crippen LogP contribution in [0.1, 0.15) is 30.4 Å². The number of hydrogen-bond acceptors (Lipinski definition) is 5. The summed E-state index contributed by atoms with van der Waals surface area (Å²) in [7, 11) is 3.12. The smallest absolute Gasteiger partial charge is 0.317 e. The Morgan fingerprint density at radius 1 is 1.04 bits per heavy atom. The van der Waals surface area contributed by atoms with Crippen molar-refractivity contribution in [1.29, 1.82) is 0 Å². The first-order valence-electron chi connectivity index (χ1n) is 9.28. The molecule has 146 valence electrons. The van der Waals surface area contributed by atoms with Gasteiger partial charge in [-0.1, -0.05) is 42.5 Å². The molecule has 2 unspecified atom stereocenters. The number of hydrogen-bond donors (Lipinski definition) is 0. The zero-order chi connectivity index (χ0) is 20.1. The second kappa shape index (κ2) is 8.74. The van der Waals surface area contributed by atoms with Gasteiger partial charge in [-0.2, -0.15) is 0 Å². The van der Waals surface area contributed by atoms with E-state index in [0.717, 1.165) is 16.7 Å². The lowest BCUT2D eigenvalue weighted by Gasteiger charge is -2.30. The molecule has 1 aliphatic rings. The Morgan fingerprint density at radius 2 is 1.79 bits per heavy atom. The zero-order valence-corrected chi connectivity index (χ0v) is 16.3. The number of ether oxygens (including phenoxy) is 3. The normalized spacial score (nSPS) is 19.0. The average molecular weight is 380 g/mol. The van der Waals surface area contributed by atoms with Crippen molar-refractivity contribution in [2.24, 2.45) is 5.92 Å². The summed E-state index contributed by atoms with van der Waals surface area (Å²) in [4.78, 5) is 25.6. The lowest BCUT2D eigenvalue weighted by Crippen LogP contribution is -2.34. The van der Waals surface area contributed by atoms with Crippen LogP contribution < -0.4 is 9.47 Å². The molecule has 0 fully saturated rings. The Hall–Kier alpha value is -3.08. The summed E-state index contributed by atoms with van der Waals surface area (Å²) in [5.74, 6) is -0.980. The first kappa shape index (κ1) is 19.7. The molecule has 0 bridgehead atoms. The molecular formula is C23H24O5. The van der Waals surface area contributed by atoms with Crippen molar-refractivity contribution in [2.75, 3.05) is 20.8 Å². The van der Waals surface area contributed by atoms with Crippen molar-refractivity contribution >= 4 is 17.3 Å². The number of esters is 1. The number of allylic oxidation sites excluding steroid dienone is 2. The summed E-state index contributed by atoms with van der Waals surface area (Å²) in [6.45, 7) is 1.96. The van der Waals surface area contributed by atoms with Crippen LogP contribution in [-0.2, 0) is 14.3 Å². The summed E-state index contributed by atoms with van der Waals surface area (Å²) in [6.07, 6.45) is 2.09. The molecule has 2 aromatic rings. The molecule has 0 saturated carbocycles. The monoisotopic (exact) mass is 380 g/mol. The molecule has 0 amide bonds. The fourth-order valence-corrected chi connectivity index (χ4v) is 3.73. The van der Waals surface area contributed by atoms with E-state index in [1.165, 1.54) is 0 Å². The summed E-state index contributed by atoms with van der Waals surface area (Å²) in [5.41, 5.74) is 2.61. The van der Waals surface area contributed by atoms with E-state index in [-0.39, 0.29) is 12.4 Å². The maximum absolute atomic E-state index is 13.0. The molecule has 0 N–H and O–H groups in total. The maximum Gasteiger partial charge on any atom is 0.317 e. The summed E-state index contributed by atoms with van der Waals surface area (Å²) in [6, 6.07) is 15.2. The van der Waals surface area contributed by atoms with Crippen LogP contribution in [0.5, 0.6) is 11.5 Å². The highest BCUT2D eigenvalue weighted by atomic mass is 16.5. The van der Waals surface area contributed by atoms with E-state index >= 15 is 0 Å². The van der Waals surface area contributed by atoms with Gasteiger partial charge in [-0.05, 0) is 36.6 Å². The fourth-order valence-electron chi connectivity index (χ4n) is 3.73. The molecule has 5 heteroatoms. The van der Waals surface area contributed by atoms with Crippen molar-refractivity contribution in [2.45, 2.75) is 19.3 Å². The number of ketones is 1. The standard InChI is InChI=1S/C23H24O5/c1-4-28-23(25)21-18(17-11-8-12-20(26-2)22(17)27-3)13-16(14-19(21)24)15-9-6-5-7-10-15/h5-12,14,18,21H,4,13H2,1-3H3. The van der Waals surface area contributed by atoms with Gasteiger partial charge in [0.05, 0.1) is 20.8 Å². The van der Waals surface area contributed by atoms with Crippen LogP contribution in [0.4, 0.5) is 0 Å². The Kier molecular flexibility index (Phi) is 6.14. The van der Waals surface area contributed by atoms with Crippen molar-refractivity contribution in [3.63, 3.8) is 0 Å². The molecule has 0 radical (unpaired) electrons. The Morgan fingerprint density at radius 3 is 2.43 bits per heavy atom. The predicted octanol–water partition coefficient (Wildman–Crippen LogP) is 4.02. The van der Waals surface area contributed by atoms with Crippen molar-refractivity contribution in [3.8, 4) is 11.5 Å². The highest BCUT2D eigenvalue weighted by Gasteiger charge is 2.41. The van der Waals surface area contributed by atoms with Gasteiger partial charge in [-0.25, -0.2) is 0 Å². The molecule has 5 nitrogen and oxygen atoms in total. The van der Waals surface area contributed by atoms with Gasteiger partial charge in [0.1, 0.15) is 5.92 Å². The number of rotatable bonds is 6. The highest BCUT2D eigenvalue weighted by molar-refractivity contribution is 6.10. The third kappa shape index (κ3) is 3.79. The number of para-hydroxylation sites is 1. The number of methoxy groups -OCH3 is 2. The second-order valence-electron chi connectivity index (χ2n) is 6.56. The third-order valence-corrected chi connectivity index (χ3v) is 4.98. The quantitative estimate of drug-likeness (QED) is 0.559. The van der Waals surface area contributed by atoms with E-state index in [4.69, 9.17) is 14.2 Å². The Labute approximate surface area is 164 Å². The summed E-state index contributed by atoms with van der Waals surface area (Å²) in [5, 5.41) is 0. The van der Waals surface area contributed by atoms with E-state index in [9.17, 15) is 9.59 Å². The van der Waals surface area contributed by atoms with Gasteiger partial charge in [-0.15, -0.1) is 0 Å². The van der Waals surface area contributed by atoms with Gasteiger partial charge in [0, 0.05) is 11.5 Å². The molecule has 28 heavy (non-hydrogen) atoms. The predicted molar refractivity (Wildman–Crippen MR) is 106 cm³/mol. The third-order valence-electron chi connectivity index (χ3n) is 4.98. The molecule has 0 aliphatic heterocycles. The van der Waals surface area contributed by atoms with Crippen LogP contribution in [0.3, 0.4) is 0 Å². The molecule has 0 saturated heterocycles. The van der Waals surface area contributed by atoms with Gasteiger partial charge >= 0.3 is 5.97 Å². The lowest BCUT2D eigenvalue weighted by atomic mass is 9.73. The minimum Gasteiger partial charge on any atom is -0.493 e. The van der Waals surface area contributed by atoms with Gasteiger partial charge in [0.25, 0.3) is 0 Å². The van der Waals surface area contributed by atoms with Crippen LogP contribution in [0.2, 0.25) is 0 Å². The first-order valence-corrected chi connectivity index (χ1v) is 9.28. The summed E-state index contributed by atoms with van der Waals surface area (Å²) >= 11 is 0. The molecule has 2 aromatic carbocycles. The largest absolute Gasteiger partial charge is 0.493 e. The molecule has 2 atom stereocenters. The molecule has 0 spiro atoms.